The average molecular weight is 344 g/mol. The van der Waals surface area contributed by atoms with Crippen LogP contribution in [0.5, 0.6) is 0 Å². The van der Waals surface area contributed by atoms with Crippen LogP contribution in [-0.2, 0) is 5.60 Å². The zero-order valence-electron chi connectivity index (χ0n) is 14.4. The van der Waals surface area contributed by atoms with E-state index in [1.165, 1.54) is 11.3 Å². The van der Waals surface area contributed by atoms with Crippen LogP contribution in [-0.4, -0.2) is 54.0 Å². The molecule has 1 aliphatic rings. The number of nitrogens with zero attached hydrogens (tertiary/aromatic N) is 2. The normalized spacial score (nSPS) is 24.4. The van der Waals surface area contributed by atoms with E-state index in [0.717, 1.165) is 16.0 Å². The highest BCUT2D eigenvalue weighted by Crippen LogP contribution is 2.36. The topological polar surface area (TPSA) is 43.8 Å². The van der Waals surface area contributed by atoms with Crippen molar-refractivity contribution in [3.63, 3.8) is 0 Å². The molecule has 1 saturated heterocycles. The summed E-state index contributed by atoms with van der Waals surface area (Å²) < 4.78 is 0. The number of piperidine rings is 1. The first-order valence-corrected chi connectivity index (χ1v) is 9.09. The number of thiophene rings is 1. The highest BCUT2D eigenvalue weighted by atomic mass is 32.1. The molecule has 1 N–H and O–H groups in total. The molecular weight excluding hydrogens is 320 g/mol. The lowest BCUT2D eigenvalue weighted by Crippen LogP contribution is -2.60. The molecule has 0 bridgehead atoms. The van der Waals surface area contributed by atoms with E-state index in [9.17, 15) is 9.90 Å². The number of amides is 1. The summed E-state index contributed by atoms with van der Waals surface area (Å²) in [4.78, 5) is 17.5. The summed E-state index contributed by atoms with van der Waals surface area (Å²) in [6, 6.07) is 11.6. The molecule has 1 aromatic carbocycles. The van der Waals surface area contributed by atoms with Gasteiger partial charge in [-0.1, -0.05) is 30.3 Å². The number of carbonyl (C=O) groups is 1. The fourth-order valence-corrected chi connectivity index (χ4v) is 4.39. The number of likely N-dealkylation sites (tertiary alicyclic amines) is 1. The van der Waals surface area contributed by atoms with Crippen molar-refractivity contribution in [3.05, 3.63) is 57.8 Å². The lowest BCUT2D eigenvalue weighted by Gasteiger charge is -2.47. The summed E-state index contributed by atoms with van der Waals surface area (Å²) in [6.07, 6.45) is 0.538. The first-order valence-electron chi connectivity index (χ1n) is 8.21. The van der Waals surface area contributed by atoms with Gasteiger partial charge in [-0.15, -0.1) is 11.3 Å². The Morgan fingerprint density at radius 3 is 2.58 bits per heavy atom. The van der Waals surface area contributed by atoms with Crippen molar-refractivity contribution in [2.24, 2.45) is 0 Å². The molecule has 0 aliphatic carbocycles. The Balaban J connectivity index is 1.87. The van der Waals surface area contributed by atoms with Gasteiger partial charge in [0.2, 0.25) is 0 Å². The second-order valence-electron chi connectivity index (χ2n) is 6.70. The minimum absolute atomic E-state index is 0.0736. The number of likely N-dealkylation sites (N-methyl/N-ethyl adjacent to an activating group) is 1. The zero-order valence-corrected chi connectivity index (χ0v) is 15.2. The van der Waals surface area contributed by atoms with Crippen LogP contribution in [0, 0.1) is 6.92 Å². The number of carbonyl (C=O) groups excluding carboxylic acids is 1. The second-order valence-corrected chi connectivity index (χ2v) is 7.62. The number of aliphatic hydroxyl groups is 1. The number of aryl methyl sites for hydroxylation is 1. The molecule has 4 nitrogen and oxygen atoms in total. The first-order chi connectivity index (χ1) is 11.4. The maximum absolute atomic E-state index is 12.8. The van der Waals surface area contributed by atoms with Crippen LogP contribution < -0.4 is 0 Å². The van der Waals surface area contributed by atoms with Crippen molar-refractivity contribution < 1.29 is 9.90 Å². The van der Waals surface area contributed by atoms with Crippen LogP contribution in [0.15, 0.2) is 41.8 Å². The second kappa shape index (κ2) is 6.67. The molecule has 1 unspecified atom stereocenters. The summed E-state index contributed by atoms with van der Waals surface area (Å²) in [5.74, 6) is 0.0736. The molecule has 0 radical (unpaired) electrons. The smallest absolute Gasteiger partial charge is 0.264 e. The van der Waals surface area contributed by atoms with Crippen molar-refractivity contribution in [1.29, 1.82) is 0 Å². The predicted octanol–water partition coefficient (Wildman–Crippen LogP) is 2.72. The summed E-state index contributed by atoms with van der Waals surface area (Å²) in [7, 11) is 3.92. The van der Waals surface area contributed by atoms with Gasteiger partial charge < -0.3 is 14.9 Å². The van der Waals surface area contributed by atoms with Gasteiger partial charge in [0, 0.05) is 13.1 Å². The van der Waals surface area contributed by atoms with Crippen LogP contribution in [0.3, 0.4) is 0 Å². The molecule has 3 rings (SSSR count). The maximum Gasteiger partial charge on any atom is 0.264 e. The third-order valence-electron chi connectivity index (χ3n) is 4.95. The molecular formula is C19H24N2O2S. The van der Waals surface area contributed by atoms with Crippen molar-refractivity contribution in [3.8, 4) is 0 Å². The summed E-state index contributed by atoms with van der Waals surface area (Å²) >= 11 is 1.49. The molecule has 2 aromatic rings. The molecule has 1 fully saturated rings. The van der Waals surface area contributed by atoms with Gasteiger partial charge in [-0.05, 0) is 50.0 Å². The van der Waals surface area contributed by atoms with Gasteiger partial charge in [-0.2, -0.15) is 0 Å². The van der Waals surface area contributed by atoms with E-state index in [-0.39, 0.29) is 11.9 Å². The Morgan fingerprint density at radius 2 is 2.00 bits per heavy atom. The Bertz CT molecular complexity index is 713. The molecule has 24 heavy (non-hydrogen) atoms. The van der Waals surface area contributed by atoms with E-state index in [4.69, 9.17) is 0 Å². The van der Waals surface area contributed by atoms with Gasteiger partial charge in [-0.3, -0.25) is 4.79 Å². The Labute approximate surface area is 147 Å². The molecule has 0 spiro atoms. The van der Waals surface area contributed by atoms with Crippen LogP contribution in [0.4, 0.5) is 0 Å². The van der Waals surface area contributed by atoms with Gasteiger partial charge in [-0.25, -0.2) is 0 Å². The van der Waals surface area contributed by atoms with E-state index < -0.39 is 5.60 Å². The van der Waals surface area contributed by atoms with Crippen LogP contribution >= 0.6 is 11.3 Å². The number of hydrogen-bond acceptors (Lipinski definition) is 4. The van der Waals surface area contributed by atoms with Crippen molar-refractivity contribution in [2.45, 2.75) is 25.0 Å². The van der Waals surface area contributed by atoms with E-state index in [1.54, 1.807) is 0 Å². The first kappa shape index (κ1) is 17.1. The van der Waals surface area contributed by atoms with Crippen molar-refractivity contribution >= 4 is 17.2 Å². The van der Waals surface area contributed by atoms with Gasteiger partial charge in [0.1, 0.15) is 5.60 Å². The summed E-state index contributed by atoms with van der Waals surface area (Å²) in [5.41, 5.74) is 1.00. The molecule has 5 heteroatoms. The minimum atomic E-state index is -0.938. The van der Waals surface area contributed by atoms with E-state index in [0.29, 0.717) is 19.5 Å². The highest BCUT2D eigenvalue weighted by molar-refractivity contribution is 7.12. The molecule has 1 aliphatic heterocycles. The summed E-state index contributed by atoms with van der Waals surface area (Å²) in [5, 5.41) is 13.3. The molecule has 2 heterocycles. The zero-order chi connectivity index (χ0) is 17.3. The van der Waals surface area contributed by atoms with Crippen LogP contribution in [0.1, 0.15) is 27.2 Å². The maximum atomic E-state index is 12.8. The Morgan fingerprint density at radius 1 is 1.29 bits per heavy atom. The van der Waals surface area contributed by atoms with E-state index >= 15 is 0 Å². The third-order valence-corrected chi connectivity index (χ3v) is 5.95. The van der Waals surface area contributed by atoms with Crippen molar-refractivity contribution in [2.75, 3.05) is 27.2 Å². The van der Waals surface area contributed by atoms with Crippen LogP contribution in [0.25, 0.3) is 0 Å². The SMILES string of the molecule is Cc1ccsc1C(=O)N1CCC(O)(c2ccccc2)[C@H](N(C)C)C1. The minimum Gasteiger partial charge on any atom is -0.383 e. The van der Waals surface area contributed by atoms with Gasteiger partial charge in [0.15, 0.2) is 0 Å². The van der Waals surface area contributed by atoms with Crippen molar-refractivity contribution in [1.82, 2.24) is 9.80 Å². The molecule has 1 amide bonds. The Hall–Kier alpha value is -1.69. The fourth-order valence-electron chi connectivity index (χ4n) is 3.50. The van der Waals surface area contributed by atoms with E-state index in [1.807, 2.05) is 72.6 Å². The predicted molar refractivity (Wildman–Crippen MR) is 97.4 cm³/mol. The largest absolute Gasteiger partial charge is 0.383 e. The van der Waals surface area contributed by atoms with Crippen LogP contribution in [0.2, 0.25) is 0 Å². The Kier molecular flexibility index (Phi) is 4.76. The lowest BCUT2D eigenvalue weighted by atomic mass is 9.79. The average Bonchev–Trinajstić information content (AvgIpc) is 3.01. The molecule has 0 saturated carbocycles. The molecule has 128 valence electrons. The standard InChI is InChI=1S/C19H24N2O2S/c1-14-9-12-24-17(14)18(22)21-11-10-19(23,16(13-21)20(2)3)15-7-5-4-6-8-15/h4-9,12,16,23H,10-11,13H2,1-3H3/t16-,19?/m1/s1. The van der Waals surface area contributed by atoms with E-state index in [2.05, 4.69) is 0 Å². The number of rotatable bonds is 3. The number of hydrogen-bond donors (Lipinski definition) is 1. The molecule has 1 aromatic heterocycles. The molecule has 2 atom stereocenters. The van der Waals surface area contributed by atoms with Gasteiger partial charge in [0.25, 0.3) is 5.91 Å². The van der Waals surface area contributed by atoms with Gasteiger partial charge >= 0.3 is 0 Å². The lowest BCUT2D eigenvalue weighted by molar-refractivity contribution is -0.0810. The monoisotopic (exact) mass is 344 g/mol. The highest BCUT2D eigenvalue weighted by Gasteiger charge is 2.45. The third kappa shape index (κ3) is 2.99. The van der Waals surface area contributed by atoms with Gasteiger partial charge in [0.05, 0.1) is 10.9 Å². The quantitative estimate of drug-likeness (QED) is 0.931. The summed E-state index contributed by atoms with van der Waals surface area (Å²) in [6.45, 7) is 3.05. The number of benzene rings is 1. The fraction of sp³-hybridized carbons (Fsp3) is 0.421.